The lowest BCUT2D eigenvalue weighted by molar-refractivity contribution is 0.529. The van der Waals surface area contributed by atoms with Crippen molar-refractivity contribution in [3.05, 3.63) is 34.9 Å². The van der Waals surface area contributed by atoms with Crippen LogP contribution in [0.3, 0.4) is 0 Å². The standard InChI is InChI=1S/C13H20ClN5/c1-4-6-15-12(10-7-16-18(3)9-10)13-11(14)8-17-19(13)5-2/h7-9,12,15H,4-6H2,1-3H3. The Morgan fingerprint density at radius 2 is 2.11 bits per heavy atom. The maximum Gasteiger partial charge on any atom is 0.0837 e. The molecular weight excluding hydrogens is 262 g/mol. The molecule has 1 N–H and O–H groups in total. The molecule has 0 spiro atoms. The molecule has 0 aliphatic carbocycles. The Bertz CT molecular complexity index is 531. The first-order chi connectivity index (χ1) is 9.17. The highest BCUT2D eigenvalue weighted by Gasteiger charge is 2.22. The van der Waals surface area contributed by atoms with Crippen molar-refractivity contribution >= 4 is 11.6 Å². The monoisotopic (exact) mass is 281 g/mol. The normalized spacial score (nSPS) is 12.8. The molecule has 0 saturated carbocycles. The summed E-state index contributed by atoms with van der Waals surface area (Å²) in [6.07, 6.45) is 6.65. The minimum absolute atomic E-state index is 0.0311. The average molecular weight is 282 g/mol. The summed E-state index contributed by atoms with van der Waals surface area (Å²) in [7, 11) is 1.92. The van der Waals surface area contributed by atoms with Gasteiger partial charge in [0.1, 0.15) is 0 Å². The van der Waals surface area contributed by atoms with Crippen LogP contribution in [0.1, 0.15) is 37.6 Å². The third-order valence-electron chi connectivity index (χ3n) is 3.06. The fraction of sp³-hybridized carbons (Fsp3) is 0.538. The lowest BCUT2D eigenvalue weighted by Gasteiger charge is -2.19. The van der Waals surface area contributed by atoms with Gasteiger partial charge >= 0.3 is 0 Å². The Morgan fingerprint density at radius 3 is 2.68 bits per heavy atom. The molecule has 0 aromatic carbocycles. The molecule has 0 bridgehead atoms. The Labute approximate surface area is 118 Å². The third kappa shape index (κ3) is 2.98. The zero-order valence-electron chi connectivity index (χ0n) is 11.6. The van der Waals surface area contributed by atoms with Gasteiger partial charge in [0.15, 0.2) is 0 Å². The second-order valence-electron chi connectivity index (χ2n) is 4.53. The Hall–Kier alpha value is -1.33. The summed E-state index contributed by atoms with van der Waals surface area (Å²) in [6, 6.07) is 0.0311. The lowest BCUT2D eigenvalue weighted by atomic mass is 10.1. The number of halogens is 1. The van der Waals surface area contributed by atoms with Crippen LogP contribution >= 0.6 is 11.6 Å². The molecule has 0 fully saturated rings. The zero-order chi connectivity index (χ0) is 13.8. The van der Waals surface area contributed by atoms with E-state index in [0.717, 1.165) is 30.8 Å². The van der Waals surface area contributed by atoms with Gasteiger partial charge in [-0.1, -0.05) is 18.5 Å². The smallest absolute Gasteiger partial charge is 0.0837 e. The van der Waals surface area contributed by atoms with E-state index in [0.29, 0.717) is 5.02 Å². The largest absolute Gasteiger partial charge is 0.305 e. The number of nitrogens with one attached hydrogen (secondary N) is 1. The molecule has 2 aromatic rings. The van der Waals surface area contributed by atoms with Gasteiger partial charge in [-0.2, -0.15) is 10.2 Å². The van der Waals surface area contributed by atoms with Crippen LogP contribution in [0.5, 0.6) is 0 Å². The summed E-state index contributed by atoms with van der Waals surface area (Å²) >= 11 is 6.30. The quantitative estimate of drug-likeness (QED) is 0.884. The number of aromatic nitrogens is 4. The van der Waals surface area contributed by atoms with E-state index < -0.39 is 0 Å². The summed E-state index contributed by atoms with van der Waals surface area (Å²) in [5, 5.41) is 12.8. The van der Waals surface area contributed by atoms with Crippen molar-refractivity contribution in [2.24, 2.45) is 7.05 Å². The lowest BCUT2D eigenvalue weighted by Crippen LogP contribution is -2.25. The first-order valence-corrected chi connectivity index (χ1v) is 6.98. The van der Waals surface area contributed by atoms with Gasteiger partial charge in [0.05, 0.1) is 29.2 Å². The van der Waals surface area contributed by atoms with E-state index in [9.17, 15) is 0 Å². The average Bonchev–Trinajstić information content (AvgIpc) is 2.98. The molecule has 1 atom stereocenters. The highest BCUT2D eigenvalue weighted by Crippen LogP contribution is 2.28. The molecule has 2 aromatic heterocycles. The van der Waals surface area contributed by atoms with Crippen LogP contribution in [-0.2, 0) is 13.6 Å². The van der Waals surface area contributed by atoms with E-state index in [1.807, 2.05) is 24.1 Å². The minimum atomic E-state index is 0.0311. The summed E-state index contributed by atoms with van der Waals surface area (Å²) < 4.78 is 3.74. The van der Waals surface area contributed by atoms with Crippen molar-refractivity contribution in [2.75, 3.05) is 6.54 Å². The summed E-state index contributed by atoms with van der Waals surface area (Å²) in [5.41, 5.74) is 2.11. The predicted molar refractivity (Wildman–Crippen MR) is 76.3 cm³/mol. The van der Waals surface area contributed by atoms with E-state index in [2.05, 4.69) is 29.4 Å². The maximum atomic E-state index is 6.30. The van der Waals surface area contributed by atoms with Crippen LogP contribution in [0.15, 0.2) is 18.6 Å². The van der Waals surface area contributed by atoms with E-state index >= 15 is 0 Å². The van der Waals surface area contributed by atoms with E-state index in [4.69, 9.17) is 11.6 Å². The predicted octanol–water partition coefficient (Wildman–Crippen LogP) is 2.38. The second-order valence-corrected chi connectivity index (χ2v) is 4.94. The number of aryl methyl sites for hydroxylation is 2. The second kappa shape index (κ2) is 6.21. The molecule has 0 amide bonds. The fourth-order valence-corrected chi connectivity index (χ4v) is 2.41. The van der Waals surface area contributed by atoms with Crippen LogP contribution < -0.4 is 5.32 Å². The first-order valence-electron chi connectivity index (χ1n) is 6.60. The van der Waals surface area contributed by atoms with Crippen LogP contribution in [0, 0.1) is 0 Å². The van der Waals surface area contributed by atoms with Gasteiger partial charge in [-0.3, -0.25) is 9.36 Å². The van der Waals surface area contributed by atoms with Crippen molar-refractivity contribution in [1.29, 1.82) is 0 Å². The topological polar surface area (TPSA) is 47.7 Å². The van der Waals surface area contributed by atoms with Gasteiger partial charge in [0.2, 0.25) is 0 Å². The van der Waals surface area contributed by atoms with Gasteiger partial charge in [0.25, 0.3) is 0 Å². The number of hydrogen-bond acceptors (Lipinski definition) is 3. The van der Waals surface area contributed by atoms with Crippen molar-refractivity contribution in [3.63, 3.8) is 0 Å². The minimum Gasteiger partial charge on any atom is -0.305 e. The first kappa shape index (κ1) is 14.1. The van der Waals surface area contributed by atoms with Gasteiger partial charge < -0.3 is 5.32 Å². The Balaban J connectivity index is 2.39. The van der Waals surface area contributed by atoms with Gasteiger partial charge in [-0.25, -0.2) is 0 Å². The SMILES string of the molecule is CCCNC(c1cnn(C)c1)c1c(Cl)cnn1CC. The molecule has 0 aliphatic rings. The molecule has 2 heterocycles. The highest BCUT2D eigenvalue weighted by molar-refractivity contribution is 6.31. The molecule has 5 nitrogen and oxygen atoms in total. The van der Waals surface area contributed by atoms with Crippen LogP contribution in [0.4, 0.5) is 0 Å². The van der Waals surface area contributed by atoms with Crippen molar-refractivity contribution < 1.29 is 0 Å². The zero-order valence-corrected chi connectivity index (χ0v) is 12.4. The number of rotatable bonds is 6. The Kier molecular flexibility index (Phi) is 4.61. The van der Waals surface area contributed by atoms with Crippen molar-refractivity contribution in [2.45, 2.75) is 32.9 Å². The van der Waals surface area contributed by atoms with Crippen LogP contribution in [0.25, 0.3) is 0 Å². The van der Waals surface area contributed by atoms with Crippen LogP contribution in [0.2, 0.25) is 5.02 Å². The van der Waals surface area contributed by atoms with E-state index in [1.165, 1.54) is 0 Å². The van der Waals surface area contributed by atoms with Crippen molar-refractivity contribution in [1.82, 2.24) is 24.9 Å². The third-order valence-corrected chi connectivity index (χ3v) is 3.35. The molecule has 1 unspecified atom stereocenters. The highest BCUT2D eigenvalue weighted by atomic mass is 35.5. The molecule has 6 heteroatoms. The maximum absolute atomic E-state index is 6.30. The molecule has 2 rings (SSSR count). The van der Waals surface area contributed by atoms with E-state index in [-0.39, 0.29) is 6.04 Å². The number of hydrogen-bond donors (Lipinski definition) is 1. The molecule has 0 saturated heterocycles. The summed E-state index contributed by atoms with van der Waals surface area (Å²) in [6.45, 7) is 5.93. The molecule has 0 radical (unpaired) electrons. The Morgan fingerprint density at radius 1 is 1.32 bits per heavy atom. The van der Waals surface area contributed by atoms with Crippen molar-refractivity contribution in [3.8, 4) is 0 Å². The van der Waals surface area contributed by atoms with Gasteiger partial charge in [0, 0.05) is 25.4 Å². The molecule has 19 heavy (non-hydrogen) atoms. The fourth-order valence-electron chi connectivity index (χ4n) is 2.16. The summed E-state index contributed by atoms with van der Waals surface area (Å²) in [4.78, 5) is 0. The van der Waals surface area contributed by atoms with Gasteiger partial charge in [-0.15, -0.1) is 0 Å². The molecule has 0 aliphatic heterocycles. The van der Waals surface area contributed by atoms with E-state index in [1.54, 1.807) is 10.9 Å². The summed E-state index contributed by atoms with van der Waals surface area (Å²) in [5.74, 6) is 0. The van der Waals surface area contributed by atoms with Crippen LogP contribution in [-0.4, -0.2) is 26.1 Å². The molecular formula is C13H20ClN5. The molecule has 104 valence electrons. The van der Waals surface area contributed by atoms with Gasteiger partial charge in [-0.05, 0) is 19.9 Å². The number of nitrogens with zero attached hydrogens (tertiary/aromatic N) is 4.